The van der Waals surface area contributed by atoms with Crippen LogP contribution < -0.4 is 5.32 Å². The van der Waals surface area contributed by atoms with Crippen molar-refractivity contribution in [3.05, 3.63) is 132 Å². The molecule has 202 valence electrons. The lowest BCUT2D eigenvalue weighted by atomic mass is 9.96. The molecule has 0 radical (unpaired) electrons. The normalized spacial score (nSPS) is 14.1. The van der Waals surface area contributed by atoms with Gasteiger partial charge in [0.25, 0.3) is 0 Å². The molecule has 0 aliphatic carbocycles. The Labute approximate surface area is 234 Å². The second kappa shape index (κ2) is 12.2. The fourth-order valence-corrected chi connectivity index (χ4v) is 5.41. The summed E-state index contributed by atoms with van der Waals surface area (Å²) in [6.07, 6.45) is 1.66. The van der Waals surface area contributed by atoms with Gasteiger partial charge in [0.2, 0.25) is 5.91 Å². The molecule has 3 aromatic carbocycles. The number of rotatable bonds is 9. The summed E-state index contributed by atoms with van der Waals surface area (Å²) in [5.74, 6) is 0.866. The lowest BCUT2D eigenvalue weighted by Crippen LogP contribution is -2.51. The molecule has 0 saturated carbocycles. The number of amides is 1. The minimum absolute atomic E-state index is 0.115. The van der Waals surface area contributed by atoms with Crippen LogP contribution >= 0.6 is 0 Å². The van der Waals surface area contributed by atoms with E-state index >= 15 is 0 Å². The van der Waals surface area contributed by atoms with E-state index in [1.807, 2.05) is 58.1 Å². The predicted octanol–water partition coefficient (Wildman–Crippen LogP) is 5.16. The van der Waals surface area contributed by atoms with Crippen LogP contribution in [0.1, 0.15) is 22.9 Å². The summed E-state index contributed by atoms with van der Waals surface area (Å²) in [5, 5.41) is 8.11. The number of hydrogen-bond acceptors (Lipinski definition) is 5. The van der Waals surface area contributed by atoms with E-state index in [9.17, 15) is 4.79 Å². The highest BCUT2D eigenvalue weighted by Gasteiger charge is 2.28. The Hall–Kier alpha value is -4.46. The molecule has 5 aromatic rings. The first-order valence-corrected chi connectivity index (χ1v) is 13.8. The van der Waals surface area contributed by atoms with Crippen molar-refractivity contribution in [3.8, 4) is 17.1 Å². The largest absolute Gasteiger partial charge is 0.463 e. The summed E-state index contributed by atoms with van der Waals surface area (Å²) in [6.45, 7) is 3.84. The molecule has 1 saturated heterocycles. The van der Waals surface area contributed by atoms with Crippen molar-refractivity contribution in [2.75, 3.05) is 32.7 Å². The van der Waals surface area contributed by atoms with Gasteiger partial charge in [0, 0.05) is 32.7 Å². The van der Waals surface area contributed by atoms with Crippen molar-refractivity contribution in [1.29, 1.82) is 0 Å². The second-order valence-corrected chi connectivity index (χ2v) is 9.99. The first-order chi connectivity index (χ1) is 19.8. The van der Waals surface area contributed by atoms with Crippen molar-refractivity contribution in [2.24, 2.45) is 0 Å². The van der Waals surface area contributed by atoms with Crippen LogP contribution in [-0.2, 0) is 11.3 Å². The minimum atomic E-state index is 0.115. The zero-order chi connectivity index (χ0) is 27.1. The lowest BCUT2D eigenvalue weighted by Gasteiger charge is -2.39. The van der Waals surface area contributed by atoms with Crippen molar-refractivity contribution in [2.45, 2.75) is 12.6 Å². The van der Waals surface area contributed by atoms with E-state index in [1.54, 1.807) is 6.26 Å². The lowest BCUT2D eigenvalue weighted by molar-refractivity contribution is -0.132. The van der Waals surface area contributed by atoms with Gasteiger partial charge in [-0.2, -0.15) is 5.10 Å². The van der Waals surface area contributed by atoms with Gasteiger partial charge in [-0.3, -0.25) is 9.69 Å². The van der Waals surface area contributed by atoms with Gasteiger partial charge in [-0.15, -0.1) is 0 Å². The van der Waals surface area contributed by atoms with Crippen molar-refractivity contribution < 1.29 is 9.21 Å². The van der Waals surface area contributed by atoms with Crippen molar-refractivity contribution >= 4 is 5.91 Å². The van der Waals surface area contributed by atoms with Gasteiger partial charge in [0.1, 0.15) is 5.69 Å². The molecule has 1 fully saturated rings. The number of hydrogen-bond donors (Lipinski definition) is 1. The van der Waals surface area contributed by atoms with E-state index in [1.165, 1.54) is 11.1 Å². The maximum absolute atomic E-state index is 13.1. The number of para-hydroxylation sites is 1. The SMILES string of the molecule is O=C(CNCc1cc(-c2ccco2)n(-c2ccccc2)n1)N1CCN(C(c2ccccc2)c2ccccc2)CC1. The summed E-state index contributed by atoms with van der Waals surface area (Å²) >= 11 is 0. The third-order valence-corrected chi connectivity index (χ3v) is 7.38. The second-order valence-electron chi connectivity index (χ2n) is 9.99. The van der Waals surface area contributed by atoms with Crippen LogP contribution in [0.4, 0.5) is 0 Å². The Morgan fingerprint density at radius 1 is 0.800 bits per heavy atom. The number of carbonyl (C=O) groups is 1. The Kier molecular flexibility index (Phi) is 7.84. The summed E-state index contributed by atoms with van der Waals surface area (Å²) in [5.41, 5.74) is 5.24. The zero-order valence-corrected chi connectivity index (χ0v) is 22.4. The highest BCUT2D eigenvalue weighted by molar-refractivity contribution is 5.78. The zero-order valence-electron chi connectivity index (χ0n) is 22.4. The summed E-state index contributed by atoms with van der Waals surface area (Å²) in [4.78, 5) is 17.5. The molecule has 6 rings (SSSR count). The quantitative estimate of drug-likeness (QED) is 0.285. The molecule has 1 aliphatic rings. The standard InChI is InChI=1S/C33H33N5O2/c39-32(25-34-24-28-23-30(31-17-10-22-40-31)38(35-28)29-15-8-3-9-16-29)36-18-20-37(21-19-36)33(26-11-4-1-5-12-26)27-13-6-2-7-14-27/h1-17,22-23,33-34H,18-21,24-25H2. The van der Waals surface area contributed by atoms with E-state index in [0.717, 1.165) is 35.9 Å². The maximum Gasteiger partial charge on any atom is 0.236 e. The molecule has 0 unspecified atom stereocenters. The van der Waals surface area contributed by atoms with Gasteiger partial charge < -0.3 is 14.6 Å². The minimum Gasteiger partial charge on any atom is -0.463 e. The highest BCUT2D eigenvalue weighted by Crippen LogP contribution is 2.29. The fourth-order valence-electron chi connectivity index (χ4n) is 5.41. The maximum atomic E-state index is 13.1. The molecule has 1 amide bonds. The molecule has 0 spiro atoms. The molecular weight excluding hydrogens is 498 g/mol. The molecule has 3 heterocycles. The van der Waals surface area contributed by atoms with Gasteiger partial charge >= 0.3 is 0 Å². The number of furan rings is 1. The van der Waals surface area contributed by atoms with Gasteiger partial charge in [0.05, 0.1) is 30.2 Å². The van der Waals surface area contributed by atoms with Crippen LogP contribution in [0.2, 0.25) is 0 Å². The number of nitrogens with one attached hydrogen (secondary N) is 1. The van der Waals surface area contributed by atoms with Gasteiger partial charge in [-0.1, -0.05) is 78.9 Å². The molecular formula is C33H33N5O2. The van der Waals surface area contributed by atoms with Crippen LogP contribution in [0.3, 0.4) is 0 Å². The van der Waals surface area contributed by atoms with E-state index in [4.69, 9.17) is 9.52 Å². The number of benzene rings is 3. The monoisotopic (exact) mass is 531 g/mol. The first kappa shape index (κ1) is 25.8. The van der Waals surface area contributed by atoms with E-state index in [0.29, 0.717) is 19.6 Å². The average Bonchev–Trinajstić information content (AvgIpc) is 3.70. The average molecular weight is 532 g/mol. The Balaban J connectivity index is 1.07. The molecule has 7 heteroatoms. The van der Waals surface area contributed by atoms with Crippen molar-refractivity contribution in [3.63, 3.8) is 0 Å². The van der Waals surface area contributed by atoms with Gasteiger partial charge in [-0.25, -0.2) is 4.68 Å². The molecule has 1 N–H and O–H groups in total. The van der Waals surface area contributed by atoms with Crippen LogP contribution in [-0.4, -0.2) is 58.2 Å². The van der Waals surface area contributed by atoms with E-state index < -0.39 is 0 Å². The van der Waals surface area contributed by atoms with Crippen LogP contribution in [0, 0.1) is 0 Å². The Morgan fingerprint density at radius 3 is 2.02 bits per heavy atom. The fraction of sp³-hybridized carbons (Fsp3) is 0.212. The smallest absolute Gasteiger partial charge is 0.236 e. The van der Waals surface area contributed by atoms with Gasteiger partial charge in [0.15, 0.2) is 5.76 Å². The number of nitrogens with zero attached hydrogens (tertiary/aromatic N) is 4. The predicted molar refractivity (Wildman–Crippen MR) is 156 cm³/mol. The number of carbonyl (C=O) groups excluding carboxylic acids is 1. The van der Waals surface area contributed by atoms with E-state index in [-0.39, 0.29) is 18.5 Å². The molecule has 0 atom stereocenters. The van der Waals surface area contributed by atoms with Crippen LogP contribution in [0.5, 0.6) is 0 Å². The third-order valence-electron chi connectivity index (χ3n) is 7.38. The van der Waals surface area contributed by atoms with E-state index in [2.05, 4.69) is 70.9 Å². The number of aromatic nitrogens is 2. The number of piperazine rings is 1. The molecule has 1 aliphatic heterocycles. The summed E-state index contributed by atoms with van der Waals surface area (Å²) in [6, 6.07) is 37.2. The topological polar surface area (TPSA) is 66.5 Å². The van der Waals surface area contributed by atoms with Crippen LogP contribution in [0.15, 0.2) is 120 Å². The first-order valence-electron chi connectivity index (χ1n) is 13.8. The van der Waals surface area contributed by atoms with Gasteiger partial charge in [-0.05, 0) is 41.5 Å². The molecule has 7 nitrogen and oxygen atoms in total. The third kappa shape index (κ3) is 5.76. The molecule has 2 aromatic heterocycles. The molecule has 40 heavy (non-hydrogen) atoms. The summed E-state index contributed by atoms with van der Waals surface area (Å²) < 4.78 is 7.53. The summed E-state index contributed by atoms with van der Waals surface area (Å²) in [7, 11) is 0. The Morgan fingerprint density at radius 2 is 1.43 bits per heavy atom. The van der Waals surface area contributed by atoms with Crippen LogP contribution in [0.25, 0.3) is 17.1 Å². The molecule has 0 bridgehead atoms. The Bertz CT molecular complexity index is 1450. The van der Waals surface area contributed by atoms with Crippen molar-refractivity contribution in [1.82, 2.24) is 24.9 Å². The highest BCUT2D eigenvalue weighted by atomic mass is 16.3.